The number of amides is 1. The maximum absolute atomic E-state index is 11.6. The molecule has 3 rings (SSSR count). The van der Waals surface area contributed by atoms with Crippen LogP contribution < -0.4 is 15.5 Å². The zero-order valence-electron chi connectivity index (χ0n) is 15.7. The summed E-state index contributed by atoms with van der Waals surface area (Å²) < 4.78 is 0. The maximum Gasteiger partial charge on any atom is 0.238 e. The fourth-order valence-corrected chi connectivity index (χ4v) is 3.31. The van der Waals surface area contributed by atoms with Gasteiger partial charge in [-0.05, 0) is 49.4 Å². The Morgan fingerprint density at radius 2 is 1.77 bits per heavy atom. The summed E-state index contributed by atoms with van der Waals surface area (Å²) in [5, 5.41) is 5.73. The number of anilines is 2. The van der Waals surface area contributed by atoms with Crippen LogP contribution in [0.15, 0.2) is 48.5 Å². The molecule has 0 radical (unpaired) electrons. The molecule has 0 aliphatic carbocycles. The number of hydrogen-bond donors (Lipinski definition) is 2. The summed E-state index contributed by atoms with van der Waals surface area (Å²) in [4.78, 5) is 16.5. The normalized spacial score (nSPS) is 15.1. The highest BCUT2D eigenvalue weighted by molar-refractivity contribution is 5.92. The molecule has 1 aliphatic rings. The number of carbonyl (C=O) groups excluding carboxylic acids is 1. The predicted octanol–water partition coefficient (Wildman–Crippen LogP) is 2.48. The molecule has 2 aromatic rings. The van der Waals surface area contributed by atoms with Gasteiger partial charge in [-0.3, -0.25) is 9.69 Å². The van der Waals surface area contributed by atoms with Gasteiger partial charge in [0.05, 0.1) is 6.54 Å². The minimum atomic E-state index is -0.0208. The highest BCUT2D eigenvalue weighted by atomic mass is 16.1. The van der Waals surface area contributed by atoms with Crippen LogP contribution in [-0.4, -0.2) is 50.6 Å². The van der Waals surface area contributed by atoms with Gasteiger partial charge in [-0.15, -0.1) is 0 Å². The molecule has 1 aliphatic heterocycles. The number of rotatable bonds is 6. The maximum atomic E-state index is 11.6. The van der Waals surface area contributed by atoms with E-state index in [0.717, 1.165) is 38.4 Å². The van der Waals surface area contributed by atoms with Gasteiger partial charge in [-0.2, -0.15) is 0 Å². The van der Waals surface area contributed by atoms with Gasteiger partial charge in [0.15, 0.2) is 0 Å². The van der Waals surface area contributed by atoms with E-state index in [2.05, 4.69) is 63.8 Å². The fraction of sp³-hybridized carbons (Fsp3) is 0.381. The average Bonchev–Trinajstić information content (AvgIpc) is 2.64. The average molecular weight is 352 g/mol. The van der Waals surface area contributed by atoms with Gasteiger partial charge in [-0.1, -0.05) is 24.3 Å². The number of carbonyl (C=O) groups is 1. The van der Waals surface area contributed by atoms with E-state index >= 15 is 0 Å². The van der Waals surface area contributed by atoms with Crippen LogP contribution in [0, 0.1) is 6.92 Å². The third-order valence-electron chi connectivity index (χ3n) is 4.72. The van der Waals surface area contributed by atoms with Crippen LogP contribution in [0.5, 0.6) is 0 Å². The van der Waals surface area contributed by atoms with Gasteiger partial charge in [0, 0.05) is 44.1 Å². The van der Waals surface area contributed by atoms with Gasteiger partial charge in [-0.25, -0.2) is 0 Å². The number of benzene rings is 2. The van der Waals surface area contributed by atoms with Crippen molar-refractivity contribution in [3.05, 3.63) is 59.7 Å². The smallest absolute Gasteiger partial charge is 0.238 e. The molecule has 5 nitrogen and oxygen atoms in total. The Bertz CT molecular complexity index is 721. The third kappa shape index (κ3) is 5.07. The monoisotopic (exact) mass is 352 g/mol. The van der Waals surface area contributed by atoms with Crippen molar-refractivity contribution < 1.29 is 4.79 Å². The van der Waals surface area contributed by atoms with Crippen molar-refractivity contribution in [1.29, 1.82) is 0 Å². The van der Waals surface area contributed by atoms with Crippen molar-refractivity contribution in [2.75, 3.05) is 50.0 Å². The van der Waals surface area contributed by atoms with E-state index in [1.165, 1.54) is 16.8 Å². The summed E-state index contributed by atoms with van der Waals surface area (Å²) in [6, 6.07) is 16.9. The highest BCUT2D eigenvalue weighted by Crippen LogP contribution is 2.19. The number of hydrogen-bond acceptors (Lipinski definition) is 4. The first-order valence-corrected chi connectivity index (χ1v) is 9.21. The molecule has 5 heteroatoms. The number of nitrogens with one attached hydrogen (secondary N) is 2. The molecular formula is C21H28N4O. The first-order valence-electron chi connectivity index (χ1n) is 9.21. The van der Waals surface area contributed by atoms with Crippen LogP contribution in [0.25, 0.3) is 0 Å². The number of aryl methyl sites for hydroxylation is 1. The van der Waals surface area contributed by atoms with Gasteiger partial charge >= 0.3 is 0 Å². The van der Waals surface area contributed by atoms with E-state index in [4.69, 9.17) is 0 Å². The molecule has 0 saturated carbocycles. The Kier molecular flexibility index (Phi) is 6.26. The van der Waals surface area contributed by atoms with Crippen LogP contribution in [0.2, 0.25) is 0 Å². The summed E-state index contributed by atoms with van der Waals surface area (Å²) >= 11 is 0. The molecule has 0 bridgehead atoms. The Balaban J connectivity index is 1.49. The van der Waals surface area contributed by atoms with E-state index < -0.39 is 0 Å². The molecule has 1 saturated heterocycles. The van der Waals surface area contributed by atoms with E-state index in [1.54, 1.807) is 7.05 Å². The van der Waals surface area contributed by atoms with Crippen LogP contribution >= 0.6 is 0 Å². The Morgan fingerprint density at radius 1 is 1.04 bits per heavy atom. The van der Waals surface area contributed by atoms with Gasteiger partial charge in [0.25, 0.3) is 0 Å². The second kappa shape index (κ2) is 8.83. The topological polar surface area (TPSA) is 47.6 Å². The molecule has 1 amide bonds. The Labute approximate surface area is 156 Å². The SMILES string of the molecule is CNCC(=O)Nc1ccc(CN2CCN(c3cccc(C)c3)CC2)cc1. The molecule has 26 heavy (non-hydrogen) atoms. The van der Waals surface area contributed by atoms with Crippen molar-refractivity contribution in [2.24, 2.45) is 0 Å². The van der Waals surface area contributed by atoms with Crippen molar-refractivity contribution in [3.63, 3.8) is 0 Å². The molecule has 0 spiro atoms. The minimum absolute atomic E-state index is 0.0208. The van der Waals surface area contributed by atoms with Gasteiger partial charge in [0.1, 0.15) is 0 Å². The quantitative estimate of drug-likeness (QED) is 0.839. The van der Waals surface area contributed by atoms with Crippen molar-refractivity contribution >= 4 is 17.3 Å². The third-order valence-corrected chi connectivity index (χ3v) is 4.72. The standard InChI is InChI=1S/C21H28N4O/c1-17-4-3-5-20(14-17)25-12-10-24(11-13-25)16-18-6-8-19(9-7-18)23-21(26)15-22-2/h3-9,14,22H,10-13,15-16H2,1-2H3,(H,23,26). The first kappa shape index (κ1) is 18.4. The van der Waals surface area contributed by atoms with Crippen LogP contribution in [0.4, 0.5) is 11.4 Å². The van der Waals surface area contributed by atoms with E-state index in [9.17, 15) is 4.79 Å². The van der Waals surface area contributed by atoms with Gasteiger partial charge in [0.2, 0.25) is 5.91 Å². The van der Waals surface area contributed by atoms with Crippen molar-refractivity contribution in [3.8, 4) is 0 Å². The minimum Gasteiger partial charge on any atom is -0.369 e. The molecule has 0 unspecified atom stereocenters. The number of likely N-dealkylation sites (N-methyl/N-ethyl adjacent to an activating group) is 1. The number of nitrogens with zero attached hydrogens (tertiary/aromatic N) is 2. The molecule has 138 valence electrons. The van der Waals surface area contributed by atoms with Crippen molar-refractivity contribution in [2.45, 2.75) is 13.5 Å². The molecular weight excluding hydrogens is 324 g/mol. The highest BCUT2D eigenvalue weighted by Gasteiger charge is 2.17. The molecule has 2 N–H and O–H groups in total. The molecule has 0 aromatic heterocycles. The largest absolute Gasteiger partial charge is 0.369 e. The Morgan fingerprint density at radius 3 is 2.42 bits per heavy atom. The molecule has 2 aromatic carbocycles. The lowest BCUT2D eigenvalue weighted by atomic mass is 10.1. The Hall–Kier alpha value is -2.37. The molecule has 1 heterocycles. The van der Waals surface area contributed by atoms with E-state index in [1.807, 2.05) is 12.1 Å². The van der Waals surface area contributed by atoms with E-state index in [-0.39, 0.29) is 5.91 Å². The lowest BCUT2D eigenvalue weighted by Crippen LogP contribution is -2.45. The molecule has 0 atom stereocenters. The summed E-state index contributed by atoms with van der Waals surface area (Å²) in [5.74, 6) is -0.0208. The summed E-state index contributed by atoms with van der Waals surface area (Å²) in [6.07, 6.45) is 0. The zero-order valence-corrected chi connectivity index (χ0v) is 15.7. The van der Waals surface area contributed by atoms with Crippen LogP contribution in [-0.2, 0) is 11.3 Å². The lowest BCUT2D eigenvalue weighted by Gasteiger charge is -2.36. The van der Waals surface area contributed by atoms with Gasteiger partial charge < -0.3 is 15.5 Å². The van der Waals surface area contributed by atoms with Crippen LogP contribution in [0.1, 0.15) is 11.1 Å². The zero-order chi connectivity index (χ0) is 18.4. The molecule has 1 fully saturated rings. The van der Waals surface area contributed by atoms with Crippen LogP contribution in [0.3, 0.4) is 0 Å². The number of piperazine rings is 1. The lowest BCUT2D eigenvalue weighted by molar-refractivity contribution is -0.115. The summed E-state index contributed by atoms with van der Waals surface area (Å²) in [7, 11) is 1.77. The summed E-state index contributed by atoms with van der Waals surface area (Å²) in [5.41, 5.74) is 4.76. The second-order valence-corrected chi connectivity index (χ2v) is 6.88. The first-order chi connectivity index (χ1) is 12.6. The van der Waals surface area contributed by atoms with E-state index in [0.29, 0.717) is 6.54 Å². The predicted molar refractivity (Wildman–Crippen MR) is 108 cm³/mol. The fourth-order valence-electron chi connectivity index (χ4n) is 3.31. The van der Waals surface area contributed by atoms with Crippen molar-refractivity contribution in [1.82, 2.24) is 10.2 Å². The summed E-state index contributed by atoms with van der Waals surface area (Å²) in [6.45, 7) is 7.66. The second-order valence-electron chi connectivity index (χ2n) is 6.88.